The van der Waals surface area contributed by atoms with Crippen molar-refractivity contribution < 1.29 is 14.9 Å². The Morgan fingerprint density at radius 2 is 2.10 bits per heavy atom. The van der Waals surface area contributed by atoms with Crippen LogP contribution in [-0.4, -0.2) is 47.5 Å². The third-order valence-corrected chi connectivity index (χ3v) is 4.00. The van der Waals surface area contributed by atoms with Gasteiger partial charge in [0, 0.05) is 18.7 Å². The minimum Gasteiger partial charge on any atom is -0.395 e. The lowest BCUT2D eigenvalue weighted by atomic mass is 9.91. The number of morpholine rings is 1. The van der Waals surface area contributed by atoms with Crippen LogP contribution in [0.25, 0.3) is 0 Å². The van der Waals surface area contributed by atoms with Crippen LogP contribution < -0.4 is 0 Å². The molecule has 1 aliphatic rings. The second-order valence-corrected chi connectivity index (χ2v) is 5.33. The van der Waals surface area contributed by atoms with Gasteiger partial charge in [0.15, 0.2) is 0 Å². The molecule has 0 bridgehead atoms. The zero-order chi connectivity index (χ0) is 14.4. The summed E-state index contributed by atoms with van der Waals surface area (Å²) < 4.78 is 5.77. The summed E-state index contributed by atoms with van der Waals surface area (Å²) in [6, 6.07) is 9.47. The molecule has 1 aromatic rings. The normalized spacial score (nSPS) is 27.6. The maximum atomic E-state index is 11.1. The summed E-state index contributed by atoms with van der Waals surface area (Å²) >= 11 is 0. The van der Waals surface area contributed by atoms with E-state index in [9.17, 15) is 10.2 Å². The van der Waals surface area contributed by atoms with Gasteiger partial charge in [0.2, 0.25) is 5.79 Å². The quantitative estimate of drug-likeness (QED) is 0.832. The number of β-amino-alcohol motifs (C(OH)–C–C–N with tert-alkyl or cyclic N) is 1. The van der Waals surface area contributed by atoms with Gasteiger partial charge in [-0.15, -0.1) is 0 Å². The maximum Gasteiger partial charge on any atom is 0.208 e. The van der Waals surface area contributed by atoms with Crippen LogP contribution in [0.1, 0.15) is 31.7 Å². The number of hydrogen-bond acceptors (Lipinski definition) is 4. The minimum absolute atomic E-state index is 0.105. The lowest BCUT2D eigenvalue weighted by Gasteiger charge is -2.46. The number of rotatable bonds is 6. The van der Waals surface area contributed by atoms with Gasteiger partial charge in [0.25, 0.3) is 0 Å². The Balaban J connectivity index is 2.26. The second-order valence-electron chi connectivity index (χ2n) is 5.33. The molecule has 1 saturated heterocycles. The van der Waals surface area contributed by atoms with Crippen molar-refractivity contribution in [2.24, 2.45) is 0 Å². The summed E-state index contributed by atoms with van der Waals surface area (Å²) in [6.07, 6.45) is 2.97. The van der Waals surface area contributed by atoms with Gasteiger partial charge in [-0.3, -0.25) is 4.90 Å². The Labute approximate surface area is 121 Å². The highest BCUT2D eigenvalue weighted by Crippen LogP contribution is 2.35. The van der Waals surface area contributed by atoms with E-state index in [1.165, 1.54) is 0 Å². The van der Waals surface area contributed by atoms with E-state index in [2.05, 4.69) is 11.8 Å². The monoisotopic (exact) mass is 279 g/mol. The number of nitrogens with zero attached hydrogens (tertiary/aromatic N) is 1. The summed E-state index contributed by atoms with van der Waals surface area (Å²) in [4.78, 5) is 2.14. The molecule has 1 aromatic carbocycles. The summed E-state index contributed by atoms with van der Waals surface area (Å²) in [5.41, 5.74) is 0.795. The smallest absolute Gasteiger partial charge is 0.208 e. The Morgan fingerprint density at radius 3 is 2.75 bits per heavy atom. The van der Waals surface area contributed by atoms with Crippen molar-refractivity contribution in [2.75, 3.05) is 26.3 Å². The Morgan fingerprint density at radius 1 is 1.35 bits per heavy atom. The molecule has 4 heteroatoms. The molecule has 1 heterocycles. The molecule has 0 aliphatic carbocycles. The number of aliphatic hydroxyl groups is 2. The Bertz CT molecular complexity index is 396. The largest absolute Gasteiger partial charge is 0.395 e. The predicted molar refractivity (Wildman–Crippen MR) is 78.3 cm³/mol. The number of hydrogen-bond donors (Lipinski definition) is 2. The molecule has 1 fully saturated rings. The van der Waals surface area contributed by atoms with Crippen molar-refractivity contribution in [1.82, 2.24) is 4.90 Å². The first-order chi connectivity index (χ1) is 9.72. The molecule has 4 nitrogen and oxygen atoms in total. The van der Waals surface area contributed by atoms with E-state index in [4.69, 9.17) is 4.74 Å². The second kappa shape index (κ2) is 7.18. The Hall–Kier alpha value is -0.940. The van der Waals surface area contributed by atoms with Gasteiger partial charge in [-0.25, -0.2) is 0 Å². The van der Waals surface area contributed by atoms with Crippen LogP contribution in [0.2, 0.25) is 0 Å². The molecular weight excluding hydrogens is 254 g/mol. The van der Waals surface area contributed by atoms with E-state index in [-0.39, 0.29) is 12.6 Å². The van der Waals surface area contributed by atoms with Crippen molar-refractivity contribution in [2.45, 2.75) is 38.0 Å². The van der Waals surface area contributed by atoms with Gasteiger partial charge in [0.05, 0.1) is 19.3 Å². The molecule has 2 N–H and O–H groups in total. The highest BCUT2D eigenvalue weighted by atomic mass is 16.6. The van der Waals surface area contributed by atoms with Crippen LogP contribution in [0.5, 0.6) is 0 Å². The van der Waals surface area contributed by atoms with E-state index >= 15 is 0 Å². The number of ether oxygens (including phenoxy) is 1. The van der Waals surface area contributed by atoms with Gasteiger partial charge in [0.1, 0.15) is 0 Å². The molecule has 1 aliphatic heterocycles. The van der Waals surface area contributed by atoms with E-state index in [1.807, 2.05) is 30.3 Å². The van der Waals surface area contributed by atoms with E-state index in [0.29, 0.717) is 13.2 Å². The summed E-state index contributed by atoms with van der Waals surface area (Å²) in [6.45, 7) is 4.06. The third-order valence-electron chi connectivity index (χ3n) is 4.00. The summed E-state index contributed by atoms with van der Waals surface area (Å²) in [5.74, 6) is -1.27. The van der Waals surface area contributed by atoms with Crippen LogP contribution in [0.4, 0.5) is 0 Å². The molecule has 0 saturated carbocycles. The van der Waals surface area contributed by atoms with Crippen LogP contribution in [-0.2, 0) is 10.5 Å². The van der Waals surface area contributed by atoms with Gasteiger partial charge in [-0.05, 0) is 6.42 Å². The number of unbranched alkanes of at least 4 members (excludes halogenated alkanes) is 1. The molecule has 20 heavy (non-hydrogen) atoms. The lowest BCUT2D eigenvalue weighted by Crippen LogP contribution is -2.58. The molecule has 0 radical (unpaired) electrons. The van der Waals surface area contributed by atoms with Gasteiger partial charge < -0.3 is 14.9 Å². The van der Waals surface area contributed by atoms with Crippen molar-refractivity contribution in [1.29, 1.82) is 0 Å². The first-order valence-corrected chi connectivity index (χ1v) is 7.49. The van der Waals surface area contributed by atoms with E-state index in [1.54, 1.807) is 0 Å². The molecular formula is C16H25NO3. The highest BCUT2D eigenvalue weighted by Gasteiger charge is 2.45. The van der Waals surface area contributed by atoms with Crippen LogP contribution in [0.15, 0.2) is 30.3 Å². The molecule has 2 rings (SSSR count). The molecule has 2 atom stereocenters. The average Bonchev–Trinajstić information content (AvgIpc) is 2.48. The third kappa shape index (κ3) is 3.20. The zero-order valence-electron chi connectivity index (χ0n) is 12.2. The van der Waals surface area contributed by atoms with Crippen LogP contribution >= 0.6 is 0 Å². The first kappa shape index (κ1) is 15.4. The standard InChI is InChI=1S/C16H25NO3/c1-2-3-9-15-16(19,14-7-5-4-6-8-14)20-13-11-17(15)10-12-18/h4-8,15,18-19H,2-3,9-13H2,1H3. The van der Waals surface area contributed by atoms with Gasteiger partial charge >= 0.3 is 0 Å². The van der Waals surface area contributed by atoms with Gasteiger partial charge in [-0.2, -0.15) is 0 Å². The molecule has 2 unspecified atom stereocenters. The van der Waals surface area contributed by atoms with Crippen molar-refractivity contribution >= 4 is 0 Å². The first-order valence-electron chi connectivity index (χ1n) is 7.49. The van der Waals surface area contributed by atoms with E-state index < -0.39 is 5.79 Å². The fraction of sp³-hybridized carbons (Fsp3) is 0.625. The predicted octanol–water partition coefficient (Wildman–Crippen LogP) is 1.71. The zero-order valence-corrected chi connectivity index (χ0v) is 12.2. The molecule has 0 amide bonds. The SMILES string of the molecule is CCCCC1N(CCO)CCOC1(O)c1ccccc1. The number of aliphatic hydroxyl groups excluding tert-OH is 1. The van der Waals surface area contributed by atoms with Crippen molar-refractivity contribution in [3.63, 3.8) is 0 Å². The molecule has 112 valence electrons. The van der Waals surface area contributed by atoms with Crippen LogP contribution in [0, 0.1) is 0 Å². The highest BCUT2D eigenvalue weighted by molar-refractivity contribution is 5.22. The fourth-order valence-corrected chi connectivity index (χ4v) is 2.94. The minimum atomic E-state index is -1.27. The topological polar surface area (TPSA) is 52.9 Å². The maximum absolute atomic E-state index is 11.1. The van der Waals surface area contributed by atoms with Crippen molar-refractivity contribution in [3.05, 3.63) is 35.9 Å². The van der Waals surface area contributed by atoms with Gasteiger partial charge in [-0.1, -0.05) is 50.1 Å². The van der Waals surface area contributed by atoms with E-state index in [0.717, 1.165) is 31.4 Å². The summed E-state index contributed by atoms with van der Waals surface area (Å²) in [5, 5.41) is 20.3. The average molecular weight is 279 g/mol. The fourth-order valence-electron chi connectivity index (χ4n) is 2.94. The lowest BCUT2D eigenvalue weighted by molar-refractivity contribution is -0.280. The van der Waals surface area contributed by atoms with Crippen LogP contribution in [0.3, 0.4) is 0 Å². The Kier molecular flexibility index (Phi) is 5.54. The molecule has 0 aromatic heterocycles. The molecule has 0 spiro atoms. The number of benzene rings is 1. The summed E-state index contributed by atoms with van der Waals surface area (Å²) in [7, 11) is 0. The van der Waals surface area contributed by atoms with Crippen molar-refractivity contribution in [3.8, 4) is 0 Å².